The zero-order chi connectivity index (χ0) is 13.1. The predicted molar refractivity (Wildman–Crippen MR) is 72.1 cm³/mol. The molecule has 0 bridgehead atoms. The summed E-state index contributed by atoms with van der Waals surface area (Å²) < 4.78 is 14.3. The molecule has 0 aliphatic heterocycles. The lowest BCUT2D eigenvalue weighted by atomic mass is 10.2. The van der Waals surface area contributed by atoms with Crippen molar-refractivity contribution in [2.75, 3.05) is 18.5 Å². The number of halogens is 1. The summed E-state index contributed by atoms with van der Waals surface area (Å²) >= 11 is 0. The highest BCUT2D eigenvalue weighted by Gasteiger charge is 2.21. The molecule has 0 radical (unpaired) electrons. The number of hydrogen-bond acceptors (Lipinski definition) is 3. The average molecular weight is 249 g/mol. The molecule has 1 N–H and O–H groups in total. The van der Waals surface area contributed by atoms with Gasteiger partial charge in [-0.15, -0.1) is 0 Å². The number of hydrogen-bond donors (Lipinski definition) is 1. The van der Waals surface area contributed by atoms with Crippen molar-refractivity contribution >= 4 is 5.82 Å². The summed E-state index contributed by atoms with van der Waals surface area (Å²) in [5.74, 6) is 0.169. The molecule has 1 aromatic rings. The lowest BCUT2D eigenvalue weighted by Crippen LogP contribution is -2.23. The second-order valence-corrected chi connectivity index (χ2v) is 5.08. The molecule has 2 rings (SSSR count). The molecular formula is C14H20FN3. The molecule has 1 aromatic heterocycles. The Morgan fingerprint density at radius 2 is 2.33 bits per heavy atom. The topological polar surface area (TPSA) is 28.2 Å². The van der Waals surface area contributed by atoms with Crippen LogP contribution in [0.2, 0.25) is 0 Å². The van der Waals surface area contributed by atoms with Crippen molar-refractivity contribution in [1.29, 1.82) is 0 Å². The fourth-order valence-electron chi connectivity index (χ4n) is 1.90. The highest BCUT2D eigenvalue weighted by molar-refractivity contribution is 5.43. The van der Waals surface area contributed by atoms with Gasteiger partial charge in [0.05, 0.1) is 0 Å². The van der Waals surface area contributed by atoms with Gasteiger partial charge in [-0.1, -0.05) is 12.2 Å². The number of nitrogens with zero attached hydrogens (tertiary/aromatic N) is 2. The quantitative estimate of drug-likeness (QED) is 0.785. The van der Waals surface area contributed by atoms with Crippen molar-refractivity contribution < 1.29 is 4.39 Å². The van der Waals surface area contributed by atoms with Crippen LogP contribution in [0.3, 0.4) is 0 Å². The molecule has 0 unspecified atom stereocenters. The van der Waals surface area contributed by atoms with E-state index in [1.54, 1.807) is 17.2 Å². The second-order valence-electron chi connectivity index (χ2n) is 5.08. The molecule has 18 heavy (non-hydrogen) atoms. The summed E-state index contributed by atoms with van der Waals surface area (Å²) in [6, 6.07) is 2.32. The summed E-state index contributed by atoms with van der Waals surface area (Å²) in [5, 5.41) is 3.32. The van der Waals surface area contributed by atoms with Crippen LogP contribution in [-0.2, 0) is 6.54 Å². The van der Waals surface area contributed by atoms with Gasteiger partial charge < -0.3 is 10.2 Å². The number of aromatic nitrogens is 1. The van der Waals surface area contributed by atoms with Gasteiger partial charge in [0, 0.05) is 37.9 Å². The van der Waals surface area contributed by atoms with Crippen LogP contribution in [0.15, 0.2) is 24.4 Å². The number of rotatable bonds is 6. The molecule has 1 fully saturated rings. The van der Waals surface area contributed by atoms with E-state index in [2.05, 4.69) is 16.9 Å². The van der Waals surface area contributed by atoms with Crippen molar-refractivity contribution in [2.24, 2.45) is 0 Å². The minimum absolute atomic E-state index is 0.227. The fourth-order valence-corrected chi connectivity index (χ4v) is 1.90. The molecule has 0 atom stereocenters. The Morgan fingerprint density at radius 1 is 1.61 bits per heavy atom. The third-order valence-corrected chi connectivity index (χ3v) is 2.98. The molecule has 4 heteroatoms. The second kappa shape index (κ2) is 5.48. The van der Waals surface area contributed by atoms with Gasteiger partial charge in [0.15, 0.2) is 11.6 Å². The van der Waals surface area contributed by atoms with Crippen LogP contribution >= 0.6 is 0 Å². The third kappa shape index (κ3) is 3.29. The number of anilines is 1. The van der Waals surface area contributed by atoms with E-state index in [0.29, 0.717) is 30.5 Å². The highest BCUT2D eigenvalue weighted by Crippen LogP contribution is 2.22. The molecule has 1 aliphatic rings. The van der Waals surface area contributed by atoms with Crippen molar-refractivity contribution in [3.8, 4) is 0 Å². The lowest BCUT2D eigenvalue weighted by Gasteiger charge is -2.19. The Balaban J connectivity index is 2.09. The van der Waals surface area contributed by atoms with Gasteiger partial charge in [-0.05, 0) is 25.8 Å². The Bertz CT molecular complexity index is 441. The smallest absolute Gasteiger partial charge is 0.170 e. The Hall–Kier alpha value is -1.42. The van der Waals surface area contributed by atoms with Crippen LogP contribution in [-0.4, -0.2) is 24.6 Å². The molecular weight excluding hydrogens is 229 g/mol. The first-order valence-electron chi connectivity index (χ1n) is 6.30. The number of pyridine rings is 1. The Labute approximate surface area is 108 Å². The first kappa shape index (κ1) is 13.0. The summed E-state index contributed by atoms with van der Waals surface area (Å²) in [6.45, 7) is 6.95. The van der Waals surface area contributed by atoms with Gasteiger partial charge in [0.1, 0.15) is 0 Å². The fraction of sp³-hybridized carbons (Fsp3) is 0.500. The molecule has 0 spiro atoms. The largest absolute Gasteiger partial charge is 0.353 e. The maximum Gasteiger partial charge on any atom is 0.170 e. The van der Waals surface area contributed by atoms with Crippen LogP contribution in [0, 0.1) is 5.82 Å². The normalized spacial score (nSPS) is 14.6. The average Bonchev–Trinajstić information content (AvgIpc) is 3.10. The Morgan fingerprint density at radius 3 is 2.94 bits per heavy atom. The van der Waals surface area contributed by atoms with Crippen LogP contribution in [0.4, 0.5) is 10.2 Å². The molecule has 0 aromatic carbocycles. The van der Waals surface area contributed by atoms with Crippen molar-refractivity contribution in [1.82, 2.24) is 10.3 Å². The standard InChI is InChI=1S/C14H20FN3/c1-10(2)9-18(3)14-13(15)11(6-7-16-14)8-17-12-4-5-12/h6-7,12,17H,1,4-5,8-9H2,2-3H3. The van der Waals surface area contributed by atoms with Crippen LogP contribution in [0.5, 0.6) is 0 Å². The molecule has 0 amide bonds. The van der Waals surface area contributed by atoms with Gasteiger partial charge in [0.25, 0.3) is 0 Å². The molecule has 3 nitrogen and oxygen atoms in total. The summed E-state index contributed by atoms with van der Waals surface area (Å²) in [4.78, 5) is 5.91. The summed E-state index contributed by atoms with van der Waals surface area (Å²) in [6.07, 6.45) is 4.07. The molecule has 98 valence electrons. The SMILES string of the molecule is C=C(C)CN(C)c1nccc(CNC2CC2)c1F. The molecule has 1 aliphatic carbocycles. The first-order valence-corrected chi connectivity index (χ1v) is 6.30. The van der Waals surface area contributed by atoms with E-state index in [1.165, 1.54) is 12.8 Å². The monoisotopic (exact) mass is 249 g/mol. The highest BCUT2D eigenvalue weighted by atomic mass is 19.1. The van der Waals surface area contributed by atoms with E-state index < -0.39 is 0 Å². The van der Waals surface area contributed by atoms with E-state index in [0.717, 1.165) is 5.57 Å². The van der Waals surface area contributed by atoms with E-state index in [4.69, 9.17) is 0 Å². The van der Waals surface area contributed by atoms with Crippen molar-refractivity contribution in [3.63, 3.8) is 0 Å². The third-order valence-electron chi connectivity index (χ3n) is 2.98. The van der Waals surface area contributed by atoms with Crippen LogP contribution in [0.1, 0.15) is 25.3 Å². The number of likely N-dealkylation sites (N-methyl/N-ethyl adjacent to an activating group) is 1. The van der Waals surface area contributed by atoms with Gasteiger partial charge in [-0.25, -0.2) is 9.37 Å². The molecule has 1 saturated carbocycles. The summed E-state index contributed by atoms with van der Waals surface area (Å²) in [5.41, 5.74) is 1.67. The molecule has 1 heterocycles. The zero-order valence-electron chi connectivity index (χ0n) is 11.0. The molecule has 0 saturated heterocycles. The van der Waals surface area contributed by atoms with E-state index in [1.807, 2.05) is 14.0 Å². The van der Waals surface area contributed by atoms with Crippen LogP contribution in [0.25, 0.3) is 0 Å². The van der Waals surface area contributed by atoms with Crippen molar-refractivity contribution in [2.45, 2.75) is 32.4 Å². The van der Waals surface area contributed by atoms with Crippen LogP contribution < -0.4 is 10.2 Å². The maximum atomic E-state index is 14.3. The minimum atomic E-state index is -0.227. The first-order chi connectivity index (χ1) is 8.58. The van der Waals surface area contributed by atoms with E-state index in [-0.39, 0.29) is 5.82 Å². The maximum absolute atomic E-state index is 14.3. The van der Waals surface area contributed by atoms with E-state index in [9.17, 15) is 4.39 Å². The van der Waals surface area contributed by atoms with Gasteiger partial charge >= 0.3 is 0 Å². The number of nitrogens with one attached hydrogen (secondary N) is 1. The van der Waals surface area contributed by atoms with Crippen molar-refractivity contribution in [3.05, 3.63) is 35.8 Å². The Kier molecular flexibility index (Phi) is 3.97. The summed E-state index contributed by atoms with van der Waals surface area (Å²) in [7, 11) is 1.83. The predicted octanol–water partition coefficient (Wildman–Crippen LogP) is 2.49. The lowest BCUT2D eigenvalue weighted by molar-refractivity contribution is 0.579. The minimum Gasteiger partial charge on any atom is -0.353 e. The van der Waals surface area contributed by atoms with Gasteiger partial charge in [0.2, 0.25) is 0 Å². The van der Waals surface area contributed by atoms with E-state index >= 15 is 0 Å². The van der Waals surface area contributed by atoms with Gasteiger partial charge in [-0.2, -0.15) is 0 Å². The van der Waals surface area contributed by atoms with Gasteiger partial charge in [-0.3, -0.25) is 0 Å². The zero-order valence-corrected chi connectivity index (χ0v) is 11.0.